The highest BCUT2D eigenvalue weighted by molar-refractivity contribution is 5.57. The molecule has 0 spiro atoms. The first-order chi connectivity index (χ1) is 9.34. The molecule has 2 N–H and O–H groups in total. The van der Waals surface area contributed by atoms with Gasteiger partial charge < -0.3 is 15.3 Å². The molecule has 104 valence electrons. The Kier molecular flexibility index (Phi) is 4.04. The number of anilines is 1. The number of hydrogen-bond donors (Lipinski definition) is 2. The number of hydrogen-bond acceptors (Lipinski definition) is 3. The van der Waals surface area contributed by atoms with Gasteiger partial charge in [0.05, 0.1) is 6.10 Å². The van der Waals surface area contributed by atoms with Crippen LogP contribution in [0.3, 0.4) is 0 Å². The number of aliphatic hydroxyl groups is 1. The van der Waals surface area contributed by atoms with E-state index < -0.39 is 0 Å². The molecule has 2 unspecified atom stereocenters. The predicted molar refractivity (Wildman–Crippen MR) is 78.6 cm³/mol. The van der Waals surface area contributed by atoms with Gasteiger partial charge in [-0.25, -0.2) is 0 Å². The van der Waals surface area contributed by atoms with Gasteiger partial charge in [-0.2, -0.15) is 0 Å². The highest BCUT2D eigenvalue weighted by atomic mass is 16.3. The van der Waals surface area contributed by atoms with E-state index in [1.165, 1.54) is 24.1 Å². The van der Waals surface area contributed by atoms with Crippen LogP contribution in [0.4, 0.5) is 5.69 Å². The Labute approximate surface area is 115 Å². The number of nitrogens with one attached hydrogen (secondary N) is 1. The fourth-order valence-corrected chi connectivity index (χ4v) is 3.35. The highest BCUT2D eigenvalue weighted by Gasteiger charge is 2.26. The predicted octanol–water partition coefficient (Wildman–Crippen LogP) is 1.80. The number of rotatable bonds is 3. The summed E-state index contributed by atoms with van der Waals surface area (Å²) in [7, 11) is 0. The summed E-state index contributed by atoms with van der Waals surface area (Å²) in [5.74, 6) is 0.412. The van der Waals surface area contributed by atoms with Crippen LogP contribution in [-0.4, -0.2) is 37.4 Å². The standard InChI is InChI=1S/C16H24N2O/c19-16(14-6-3-4-9-17-11-14)12-18-10-8-13-5-1-2-7-15(13)18/h1-2,5,7,14,16-17,19H,3-4,6,8-12H2. The van der Waals surface area contributed by atoms with E-state index in [-0.39, 0.29) is 6.10 Å². The fraction of sp³-hybridized carbons (Fsp3) is 0.625. The first-order valence-electron chi connectivity index (χ1n) is 7.56. The zero-order chi connectivity index (χ0) is 13.1. The molecule has 1 aromatic carbocycles. The van der Waals surface area contributed by atoms with Gasteiger partial charge >= 0.3 is 0 Å². The zero-order valence-corrected chi connectivity index (χ0v) is 11.5. The van der Waals surface area contributed by atoms with Gasteiger partial charge in [0.2, 0.25) is 0 Å². The third-order valence-electron chi connectivity index (χ3n) is 4.52. The highest BCUT2D eigenvalue weighted by Crippen LogP contribution is 2.28. The van der Waals surface area contributed by atoms with Gasteiger partial charge in [0.15, 0.2) is 0 Å². The summed E-state index contributed by atoms with van der Waals surface area (Å²) in [6.07, 6.45) is 4.55. The van der Waals surface area contributed by atoms with Crippen molar-refractivity contribution in [1.82, 2.24) is 5.32 Å². The molecule has 0 aliphatic carbocycles. The second-order valence-electron chi connectivity index (χ2n) is 5.85. The van der Waals surface area contributed by atoms with Gasteiger partial charge in [0.1, 0.15) is 0 Å². The second kappa shape index (κ2) is 5.93. The van der Waals surface area contributed by atoms with Crippen molar-refractivity contribution in [2.45, 2.75) is 31.8 Å². The van der Waals surface area contributed by atoms with Crippen LogP contribution in [0.25, 0.3) is 0 Å². The molecule has 2 aliphatic rings. The lowest BCUT2D eigenvalue weighted by atomic mass is 9.96. The van der Waals surface area contributed by atoms with E-state index in [1.807, 2.05) is 0 Å². The summed E-state index contributed by atoms with van der Waals surface area (Å²) >= 11 is 0. The summed E-state index contributed by atoms with van der Waals surface area (Å²) in [6.45, 7) is 3.91. The van der Waals surface area contributed by atoms with Gasteiger partial charge in [-0.1, -0.05) is 24.6 Å². The van der Waals surface area contributed by atoms with E-state index in [2.05, 4.69) is 34.5 Å². The average Bonchev–Trinajstić information content (AvgIpc) is 2.66. The third kappa shape index (κ3) is 2.93. The fourth-order valence-electron chi connectivity index (χ4n) is 3.35. The summed E-state index contributed by atoms with van der Waals surface area (Å²) in [5.41, 5.74) is 2.75. The minimum absolute atomic E-state index is 0.211. The van der Waals surface area contributed by atoms with E-state index in [0.717, 1.165) is 39.0 Å². The van der Waals surface area contributed by atoms with Crippen LogP contribution in [0.1, 0.15) is 24.8 Å². The van der Waals surface area contributed by atoms with Crippen molar-refractivity contribution in [3.8, 4) is 0 Å². The smallest absolute Gasteiger partial charge is 0.0755 e. The van der Waals surface area contributed by atoms with Crippen LogP contribution in [-0.2, 0) is 6.42 Å². The molecule has 3 rings (SSSR count). The normalized spacial score (nSPS) is 24.9. The lowest BCUT2D eigenvalue weighted by molar-refractivity contribution is 0.110. The molecule has 0 saturated carbocycles. The third-order valence-corrected chi connectivity index (χ3v) is 4.52. The molecule has 1 aromatic rings. The molecule has 2 aliphatic heterocycles. The lowest BCUT2D eigenvalue weighted by Crippen LogP contribution is -2.39. The SMILES string of the molecule is OC(CN1CCc2ccccc21)C1CCCCNC1. The van der Waals surface area contributed by atoms with E-state index in [1.54, 1.807) is 0 Å². The summed E-state index contributed by atoms with van der Waals surface area (Å²) in [6, 6.07) is 8.58. The minimum Gasteiger partial charge on any atom is -0.391 e. The Hall–Kier alpha value is -1.06. The topological polar surface area (TPSA) is 35.5 Å². The van der Waals surface area contributed by atoms with Crippen LogP contribution < -0.4 is 10.2 Å². The van der Waals surface area contributed by atoms with Crippen LogP contribution in [0, 0.1) is 5.92 Å². The maximum absolute atomic E-state index is 10.5. The number of benzene rings is 1. The lowest BCUT2D eigenvalue weighted by Gasteiger charge is -2.28. The monoisotopic (exact) mass is 260 g/mol. The molecule has 1 saturated heterocycles. The molecular weight excluding hydrogens is 236 g/mol. The molecule has 0 aromatic heterocycles. The van der Waals surface area contributed by atoms with Gasteiger partial charge in [-0.3, -0.25) is 0 Å². The van der Waals surface area contributed by atoms with Crippen molar-refractivity contribution in [3.63, 3.8) is 0 Å². The van der Waals surface area contributed by atoms with Crippen molar-refractivity contribution in [2.75, 3.05) is 31.1 Å². The van der Waals surface area contributed by atoms with Crippen molar-refractivity contribution in [3.05, 3.63) is 29.8 Å². The summed E-state index contributed by atoms with van der Waals surface area (Å²) in [5, 5.41) is 13.9. The molecule has 2 atom stereocenters. The van der Waals surface area contributed by atoms with E-state index in [9.17, 15) is 5.11 Å². The van der Waals surface area contributed by atoms with E-state index in [4.69, 9.17) is 0 Å². The number of fused-ring (bicyclic) bond motifs is 1. The first kappa shape index (κ1) is 12.9. The molecular formula is C16H24N2O. The van der Waals surface area contributed by atoms with Crippen molar-refractivity contribution >= 4 is 5.69 Å². The molecule has 1 fully saturated rings. The number of para-hydroxylation sites is 1. The van der Waals surface area contributed by atoms with Crippen molar-refractivity contribution < 1.29 is 5.11 Å². The van der Waals surface area contributed by atoms with Gasteiger partial charge in [0.25, 0.3) is 0 Å². The Morgan fingerprint density at radius 3 is 3.16 bits per heavy atom. The van der Waals surface area contributed by atoms with Gasteiger partial charge in [0, 0.05) is 25.3 Å². The van der Waals surface area contributed by atoms with Crippen molar-refractivity contribution in [1.29, 1.82) is 0 Å². The van der Waals surface area contributed by atoms with Crippen LogP contribution in [0.5, 0.6) is 0 Å². The summed E-state index contributed by atoms with van der Waals surface area (Å²) in [4.78, 5) is 2.35. The average molecular weight is 260 g/mol. The number of nitrogens with zero attached hydrogens (tertiary/aromatic N) is 1. The Balaban J connectivity index is 1.62. The molecule has 0 amide bonds. The number of β-amino-alcohol motifs (C(OH)–C–C–N with tert-alkyl or cyclic N) is 1. The van der Waals surface area contributed by atoms with E-state index in [0.29, 0.717) is 5.92 Å². The van der Waals surface area contributed by atoms with Crippen molar-refractivity contribution in [2.24, 2.45) is 5.92 Å². The molecule has 0 bridgehead atoms. The molecule has 19 heavy (non-hydrogen) atoms. The zero-order valence-electron chi connectivity index (χ0n) is 11.5. The quantitative estimate of drug-likeness (QED) is 0.870. The van der Waals surface area contributed by atoms with Crippen LogP contribution >= 0.6 is 0 Å². The Morgan fingerprint density at radius 2 is 2.21 bits per heavy atom. The minimum atomic E-state index is -0.211. The molecule has 3 nitrogen and oxygen atoms in total. The largest absolute Gasteiger partial charge is 0.391 e. The summed E-state index contributed by atoms with van der Waals surface area (Å²) < 4.78 is 0. The first-order valence-corrected chi connectivity index (χ1v) is 7.56. The Bertz CT molecular complexity index is 413. The van der Waals surface area contributed by atoms with Crippen LogP contribution in [0.15, 0.2) is 24.3 Å². The molecule has 2 heterocycles. The maximum atomic E-state index is 10.5. The molecule has 0 radical (unpaired) electrons. The molecule has 3 heteroatoms. The number of aliphatic hydroxyl groups excluding tert-OH is 1. The maximum Gasteiger partial charge on any atom is 0.0755 e. The van der Waals surface area contributed by atoms with Crippen LogP contribution in [0.2, 0.25) is 0 Å². The van der Waals surface area contributed by atoms with Gasteiger partial charge in [-0.05, 0) is 43.4 Å². The Morgan fingerprint density at radius 1 is 1.32 bits per heavy atom. The van der Waals surface area contributed by atoms with Gasteiger partial charge in [-0.15, -0.1) is 0 Å². The second-order valence-corrected chi connectivity index (χ2v) is 5.85. The van der Waals surface area contributed by atoms with E-state index >= 15 is 0 Å².